The first-order valence-corrected chi connectivity index (χ1v) is 11.2. The van der Waals surface area contributed by atoms with Gasteiger partial charge in [0.2, 0.25) is 11.9 Å². The van der Waals surface area contributed by atoms with Crippen LogP contribution in [0, 0.1) is 17.8 Å². The lowest BCUT2D eigenvalue weighted by Crippen LogP contribution is -2.24. The van der Waals surface area contributed by atoms with E-state index < -0.39 is 12.6 Å². The SMILES string of the molecule is CC.Fc1ncc(-c2ccc(OC(F)F)cc2)cc1Nc1ccnc(N2CC3COCC3C2)n1. The maximum atomic E-state index is 14.4. The van der Waals surface area contributed by atoms with E-state index in [1.165, 1.54) is 18.3 Å². The Morgan fingerprint density at radius 3 is 2.41 bits per heavy atom. The summed E-state index contributed by atoms with van der Waals surface area (Å²) in [5, 5.41) is 2.97. The third-order valence-corrected chi connectivity index (χ3v) is 5.68. The number of fused-ring (bicyclic) bond motifs is 1. The lowest BCUT2D eigenvalue weighted by atomic mass is 10.0. The van der Waals surface area contributed by atoms with Gasteiger partial charge in [-0.2, -0.15) is 18.2 Å². The van der Waals surface area contributed by atoms with Crippen molar-refractivity contribution in [2.45, 2.75) is 20.5 Å². The van der Waals surface area contributed by atoms with Crippen molar-refractivity contribution < 1.29 is 22.6 Å². The monoisotopic (exact) mass is 473 g/mol. The number of nitrogens with zero attached hydrogens (tertiary/aromatic N) is 4. The predicted octanol–water partition coefficient (Wildman–Crippen LogP) is 5.13. The number of hydrogen-bond acceptors (Lipinski definition) is 7. The van der Waals surface area contributed by atoms with Crippen molar-refractivity contribution in [1.82, 2.24) is 15.0 Å². The number of alkyl halides is 2. The summed E-state index contributed by atoms with van der Waals surface area (Å²) in [7, 11) is 0. The number of hydrogen-bond donors (Lipinski definition) is 1. The third-order valence-electron chi connectivity index (χ3n) is 5.68. The van der Waals surface area contributed by atoms with Crippen LogP contribution in [0.3, 0.4) is 0 Å². The summed E-state index contributed by atoms with van der Waals surface area (Å²) < 4.78 is 48.9. The van der Waals surface area contributed by atoms with Gasteiger partial charge in [0.15, 0.2) is 0 Å². The van der Waals surface area contributed by atoms with Gasteiger partial charge < -0.3 is 19.7 Å². The average molecular weight is 473 g/mol. The quantitative estimate of drug-likeness (QED) is 0.498. The van der Waals surface area contributed by atoms with Gasteiger partial charge in [-0.25, -0.2) is 9.97 Å². The number of halogens is 3. The number of rotatable bonds is 6. The van der Waals surface area contributed by atoms with Crippen LogP contribution in [0.25, 0.3) is 11.1 Å². The minimum atomic E-state index is -2.89. The number of pyridine rings is 1. The smallest absolute Gasteiger partial charge is 0.387 e. The highest BCUT2D eigenvalue weighted by atomic mass is 19.3. The van der Waals surface area contributed by atoms with Crippen LogP contribution in [0.15, 0.2) is 48.8 Å². The highest BCUT2D eigenvalue weighted by Crippen LogP contribution is 2.32. The van der Waals surface area contributed by atoms with Gasteiger partial charge in [-0.3, -0.25) is 0 Å². The summed E-state index contributed by atoms with van der Waals surface area (Å²) in [5.41, 5.74) is 1.43. The lowest BCUT2D eigenvalue weighted by Gasteiger charge is -2.18. The van der Waals surface area contributed by atoms with Crippen LogP contribution in [-0.4, -0.2) is 47.9 Å². The van der Waals surface area contributed by atoms with E-state index in [9.17, 15) is 13.2 Å². The molecule has 2 aliphatic rings. The first-order valence-electron chi connectivity index (χ1n) is 11.2. The molecule has 2 saturated heterocycles. The second kappa shape index (κ2) is 10.7. The fourth-order valence-electron chi connectivity index (χ4n) is 4.08. The molecule has 0 radical (unpaired) electrons. The topological polar surface area (TPSA) is 72.4 Å². The Kier molecular flexibility index (Phi) is 7.46. The van der Waals surface area contributed by atoms with Crippen LogP contribution in [0.5, 0.6) is 5.75 Å². The van der Waals surface area contributed by atoms with Crippen molar-refractivity contribution in [3.05, 3.63) is 54.7 Å². The predicted molar refractivity (Wildman–Crippen MR) is 123 cm³/mol. The molecule has 0 bridgehead atoms. The van der Waals surface area contributed by atoms with E-state index in [2.05, 4.69) is 29.9 Å². The van der Waals surface area contributed by atoms with E-state index in [0.717, 1.165) is 26.3 Å². The third kappa shape index (κ3) is 5.39. The molecule has 2 atom stereocenters. The first kappa shape index (κ1) is 23.7. The minimum Gasteiger partial charge on any atom is -0.435 e. The Labute approximate surface area is 196 Å². The second-order valence-electron chi connectivity index (χ2n) is 7.79. The summed E-state index contributed by atoms with van der Waals surface area (Å²) in [6, 6.07) is 9.30. The summed E-state index contributed by atoms with van der Waals surface area (Å²) in [5.74, 6) is 1.38. The van der Waals surface area contributed by atoms with Gasteiger partial charge in [-0.05, 0) is 29.8 Å². The van der Waals surface area contributed by atoms with Crippen LogP contribution in [0.4, 0.5) is 30.6 Å². The van der Waals surface area contributed by atoms with Crippen LogP contribution < -0.4 is 15.0 Å². The van der Waals surface area contributed by atoms with Gasteiger partial charge in [0.1, 0.15) is 11.6 Å². The molecule has 0 saturated carbocycles. The zero-order chi connectivity index (χ0) is 24.1. The van der Waals surface area contributed by atoms with Gasteiger partial charge in [-0.15, -0.1) is 0 Å². The van der Waals surface area contributed by atoms with E-state index in [1.807, 2.05) is 13.8 Å². The lowest BCUT2D eigenvalue weighted by molar-refractivity contribution is -0.0498. The van der Waals surface area contributed by atoms with Gasteiger partial charge in [0.05, 0.1) is 18.9 Å². The number of aromatic nitrogens is 3. The van der Waals surface area contributed by atoms with Crippen LogP contribution in [0.1, 0.15) is 13.8 Å². The molecule has 1 aromatic carbocycles. The molecule has 1 N–H and O–H groups in total. The molecule has 10 heteroatoms. The molecule has 3 aromatic rings. The largest absolute Gasteiger partial charge is 0.435 e. The molecule has 0 amide bonds. The molecule has 2 unspecified atom stereocenters. The van der Waals surface area contributed by atoms with Gasteiger partial charge in [-0.1, -0.05) is 26.0 Å². The van der Waals surface area contributed by atoms with Crippen LogP contribution in [-0.2, 0) is 4.74 Å². The summed E-state index contributed by atoms with van der Waals surface area (Å²) in [6.07, 6.45) is 3.01. The number of nitrogens with one attached hydrogen (secondary N) is 1. The molecule has 2 fully saturated rings. The molecule has 180 valence electrons. The van der Waals surface area contributed by atoms with Gasteiger partial charge in [0.25, 0.3) is 0 Å². The maximum absolute atomic E-state index is 14.4. The molecule has 2 aromatic heterocycles. The van der Waals surface area contributed by atoms with E-state index in [1.54, 1.807) is 30.5 Å². The van der Waals surface area contributed by atoms with Gasteiger partial charge >= 0.3 is 6.61 Å². The fourth-order valence-corrected chi connectivity index (χ4v) is 4.08. The molecule has 5 rings (SSSR count). The van der Waals surface area contributed by atoms with E-state index in [4.69, 9.17) is 4.74 Å². The molecule has 4 heterocycles. The Hall–Kier alpha value is -3.40. The molecule has 0 spiro atoms. The molecular formula is C24H26F3N5O2. The van der Waals surface area contributed by atoms with E-state index >= 15 is 0 Å². The standard InChI is InChI=1S/C22H20F3N5O2.C2H6/c23-20-18(7-14(8-27-20)13-1-3-17(4-2-13)32-21(24)25)28-19-5-6-26-22(29-19)30-9-15-11-31-12-16(15)10-30;1-2/h1-8,15-16,21H,9-12H2,(H,26,28,29);1-2H3. The fraction of sp³-hybridized carbons (Fsp3) is 0.375. The Balaban J connectivity index is 0.00000133. The highest BCUT2D eigenvalue weighted by molar-refractivity contribution is 5.69. The molecule has 34 heavy (non-hydrogen) atoms. The van der Waals surface area contributed by atoms with Crippen LogP contribution in [0.2, 0.25) is 0 Å². The van der Waals surface area contributed by atoms with Crippen molar-refractivity contribution in [2.24, 2.45) is 11.8 Å². The molecule has 2 aliphatic heterocycles. The summed E-state index contributed by atoms with van der Waals surface area (Å²) in [4.78, 5) is 14.8. The van der Waals surface area contributed by atoms with Crippen molar-refractivity contribution in [2.75, 3.05) is 36.5 Å². The van der Waals surface area contributed by atoms with Crippen molar-refractivity contribution in [3.63, 3.8) is 0 Å². The average Bonchev–Trinajstić information content (AvgIpc) is 3.45. The number of ether oxygens (including phenoxy) is 2. The maximum Gasteiger partial charge on any atom is 0.387 e. The highest BCUT2D eigenvalue weighted by Gasteiger charge is 2.38. The molecular weight excluding hydrogens is 447 g/mol. The van der Waals surface area contributed by atoms with Gasteiger partial charge in [0, 0.05) is 42.9 Å². The zero-order valence-electron chi connectivity index (χ0n) is 18.9. The molecule has 0 aliphatic carbocycles. The zero-order valence-corrected chi connectivity index (χ0v) is 18.9. The second-order valence-corrected chi connectivity index (χ2v) is 7.79. The van der Waals surface area contributed by atoms with Crippen molar-refractivity contribution in [1.29, 1.82) is 0 Å². The van der Waals surface area contributed by atoms with E-state index in [-0.39, 0.29) is 11.4 Å². The number of anilines is 3. The van der Waals surface area contributed by atoms with Crippen molar-refractivity contribution in [3.8, 4) is 16.9 Å². The summed E-state index contributed by atoms with van der Waals surface area (Å²) >= 11 is 0. The van der Waals surface area contributed by atoms with Crippen molar-refractivity contribution >= 4 is 17.5 Å². The van der Waals surface area contributed by atoms with Crippen LogP contribution >= 0.6 is 0 Å². The Morgan fingerprint density at radius 2 is 1.74 bits per heavy atom. The first-order chi connectivity index (χ1) is 16.5. The van der Waals surface area contributed by atoms with E-state index in [0.29, 0.717) is 34.7 Å². The normalized spacial score (nSPS) is 18.9. The Morgan fingerprint density at radius 1 is 1.03 bits per heavy atom. The minimum absolute atomic E-state index is 0.0447. The summed E-state index contributed by atoms with van der Waals surface area (Å²) in [6.45, 7) is 4.31. The molecule has 7 nitrogen and oxygen atoms in total. The Bertz CT molecular complexity index is 1090. The number of benzene rings is 1.